The van der Waals surface area contributed by atoms with E-state index in [9.17, 15) is 10.4 Å². The Morgan fingerprint density at radius 1 is 1.16 bits per heavy atom. The lowest BCUT2D eigenvalue weighted by atomic mass is 10.1. The van der Waals surface area contributed by atoms with Gasteiger partial charge in [0.1, 0.15) is 23.2 Å². The Labute approximate surface area is 146 Å². The second-order valence-corrected chi connectivity index (χ2v) is 5.81. The van der Waals surface area contributed by atoms with Crippen molar-refractivity contribution >= 4 is 11.3 Å². The molecule has 130 valence electrons. The molecule has 0 saturated heterocycles. The van der Waals surface area contributed by atoms with Gasteiger partial charge in [0.05, 0.1) is 14.2 Å². The molecule has 0 aliphatic carbocycles. The number of aliphatic hydroxyl groups excluding tert-OH is 1. The summed E-state index contributed by atoms with van der Waals surface area (Å²) in [6.07, 6.45) is 4.03. The summed E-state index contributed by atoms with van der Waals surface area (Å²) in [6.45, 7) is 0.752. The second kappa shape index (κ2) is 7.26. The van der Waals surface area contributed by atoms with Crippen molar-refractivity contribution in [2.24, 2.45) is 0 Å². The number of hydrogen-bond donors (Lipinski definition) is 1. The minimum absolute atomic E-state index is 0.105. The molecule has 0 unspecified atom stereocenters. The smallest absolute Gasteiger partial charge is 0.178 e. The fourth-order valence-electron chi connectivity index (χ4n) is 3.01. The first-order chi connectivity index (χ1) is 12.2. The lowest BCUT2D eigenvalue weighted by molar-refractivity contribution is 0.354. The predicted molar refractivity (Wildman–Crippen MR) is 92.2 cm³/mol. The van der Waals surface area contributed by atoms with E-state index >= 15 is 0 Å². The minimum atomic E-state index is -0.150. The third-order valence-corrected chi connectivity index (χ3v) is 4.34. The molecular formula is C18H20N4O3. The number of aliphatic hydroxyl groups is 1. The Hall–Kier alpha value is -3.01. The Morgan fingerprint density at radius 2 is 1.96 bits per heavy atom. The van der Waals surface area contributed by atoms with E-state index in [-0.39, 0.29) is 11.3 Å². The zero-order chi connectivity index (χ0) is 17.8. The zero-order valence-electron chi connectivity index (χ0n) is 14.3. The summed E-state index contributed by atoms with van der Waals surface area (Å²) in [5.41, 5.74) is 0.563. The largest absolute Gasteiger partial charge is 0.506 e. The van der Waals surface area contributed by atoms with E-state index in [1.807, 2.05) is 4.57 Å². The van der Waals surface area contributed by atoms with Crippen LogP contribution in [0.1, 0.15) is 36.5 Å². The van der Waals surface area contributed by atoms with E-state index in [1.54, 1.807) is 25.3 Å². The number of nitriles is 1. The van der Waals surface area contributed by atoms with Crippen LogP contribution >= 0.6 is 0 Å². The lowest BCUT2D eigenvalue weighted by Gasteiger charge is -2.11. The van der Waals surface area contributed by atoms with Gasteiger partial charge in [0.15, 0.2) is 17.3 Å². The first kappa shape index (κ1) is 16.8. The highest BCUT2D eigenvalue weighted by Crippen LogP contribution is 2.32. The van der Waals surface area contributed by atoms with E-state index in [4.69, 9.17) is 9.47 Å². The van der Waals surface area contributed by atoms with Crippen molar-refractivity contribution in [1.82, 2.24) is 14.8 Å². The predicted octanol–water partition coefficient (Wildman–Crippen LogP) is 2.97. The van der Waals surface area contributed by atoms with Crippen molar-refractivity contribution in [1.29, 1.82) is 5.26 Å². The number of aromatic nitrogens is 3. The molecule has 2 heterocycles. The molecule has 7 nitrogen and oxygen atoms in total. The van der Waals surface area contributed by atoms with E-state index < -0.39 is 0 Å². The number of aryl methyl sites for hydroxylation is 1. The molecule has 0 fully saturated rings. The molecule has 2 aromatic rings. The molecule has 0 bridgehead atoms. The number of nitrogens with zero attached hydrogens (tertiary/aromatic N) is 4. The summed E-state index contributed by atoms with van der Waals surface area (Å²) in [6, 6.07) is 7.06. The number of fused-ring (bicyclic) bond motifs is 1. The van der Waals surface area contributed by atoms with Gasteiger partial charge >= 0.3 is 0 Å². The average molecular weight is 340 g/mol. The van der Waals surface area contributed by atoms with E-state index in [0.29, 0.717) is 22.9 Å². The number of allylic oxidation sites excluding steroid dienone is 1. The van der Waals surface area contributed by atoms with Crippen LogP contribution < -0.4 is 9.47 Å². The summed E-state index contributed by atoms with van der Waals surface area (Å²) in [5.74, 6) is 2.15. The van der Waals surface area contributed by atoms with Crippen LogP contribution in [0.3, 0.4) is 0 Å². The van der Waals surface area contributed by atoms with Crippen LogP contribution in [0.2, 0.25) is 0 Å². The fraction of sp³-hybridized carbons (Fsp3) is 0.389. The van der Waals surface area contributed by atoms with Gasteiger partial charge in [-0.15, -0.1) is 10.2 Å². The fourth-order valence-corrected chi connectivity index (χ4v) is 3.01. The molecule has 1 aromatic carbocycles. The molecule has 7 heteroatoms. The topological polar surface area (TPSA) is 93.2 Å². The average Bonchev–Trinajstić information content (AvgIpc) is 2.89. The van der Waals surface area contributed by atoms with Crippen LogP contribution in [0.25, 0.3) is 11.3 Å². The summed E-state index contributed by atoms with van der Waals surface area (Å²) >= 11 is 0. The van der Waals surface area contributed by atoms with Crippen LogP contribution in [0.15, 0.2) is 18.2 Å². The normalized spacial score (nSPS) is 14.8. The van der Waals surface area contributed by atoms with Crippen molar-refractivity contribution < 1.29 is 14.6 Å². The molecule has 25 heavy (non-hydrogen) atoms. The quantitative estimate of drug-likeness (QED) is 0.679. The van der Waals surface area contributed by atoms with E-state index in [1.165, 1.54) is 7.11 Å². The number of methoxy groups -OCH3 is 2. The Kier molecular flexibility index (Phi) is 4.89. The molecule has 0 amide bonds. The van der Waals surface area contributed by atoms with Gasteiger partial charge in [-0.1, -0.05) is 6.42 Å². The molecule has 1 aromatic heterocycles. The molecule has 0 spiro atoms. The maximum absolute atomic E-state index is 10.7. The monoisotopic (exact) mass is 340 g/mol. The van der Waals surface area contributed by atoms with Crippen molar-refractivity contribution in [2.75, 3.05) is 14.2 Å². The molecule has 1 aliphatic rings. The summed E-state index contributed by atoms with van der Waals surface area (Å²) in [7, 11) is 3.06. The summed E-state index contributed by atoms with van der Waals surface area (Å²) in [5, 5.41) is 28.7. The molecule has 0 saturated carbocycles. The number of ether oxygens (including phenoxy) is 2. The first-order valence-corrected chi connectivity index (χ1v) is 8.17. The van der Waals surface area contributed by atoms with Crippen LogP contribution in [-0.4, -0.2) is 34.1 Å². The molecule has 0 radical (unpaired) electrons. The van der Waals surface area contributed by atoms with E-state index in [2.05, 4.69) is 16.3 Å². The van der Waals surface area contributed by atoms with Crippen molar-refractivity contribution in [3.05, 3.63) is 35.4 Å². The highest BCUT2D eigenvalue weighted by Gasteiger charge is 2.21. The summed E-state index contributed by atoms with van der Waals surface area (Å²) < 4.78 is 12.4. The molecular weight excluding hydrogens is 320 g/mol. The van der Waals surface area contributed by atoms with Gasteiger partial charge in [0, 0.05) is 18.5 Å². The highest BCUT2D eigenvalue weighted by molar-refractivity contribution is 5.92. The first-order valence-electron chi connectivity index (χ1n) is 8.17. The van der Waals surface area contributed by atoms with Crippen LogP contribution in [-0.2, 0) is 13.0 Å². The molecule has 0 atom stereocenters. The van der Waals surface area contributed by atoms with Crippen LogP contribution in [0, 0.1) is 11.3 Å². The number of hydrogen-bond acceptors (Lipinski definition) is 6. The Morgan fingerprint density at radius 3 is 2.68 bits per heavy atom. The standard InChI is InChI=1S/C18H20N4O3/c1-24-14-8-7-12(10-15(14)25-2)17(23)13(11-19)18-21-20-16-6-4-3-5-9-22(16)18/h7-8,10,23H,3-6,9H2,1-2H3/b17-13-. The van der Waals surface area contributed by atoms with Gasteiger partial charge in [0.2, 0.25) is 0 Å². The Bertz CT molecular complexity index is 848. The van der Waals surface area contributed by atoms with Gasteiger partial charge in [-0.05, 0) is 31.0 Å². The molecule has 1 N–H and O–H groups in total. The van der Waals surface area contributed by atoms with E-state index in [0.717, 1.165) is 38.1 Å². The maximum Gasteiger partial charge on any atom is 0.178 e. The number of rotatable bonds is 4. The summed E-state index contributed by atoms with van der Waals surface area (Å²) in [4.78, 5) is 0. The molecule has 3 rings (SSSR count). The Balaban J connectivity index is 2.08. The van der Waals surface area contributed by atoms with Crippen LogP contribution in [0.5, 0.6) is 11.5 Å². The van der Waals surface area contributed by atoms with Gasteiger partial charge in [-0.3, -0.25) is 0 Å². The van der Waals surface area contributed by atoms with Gasteiger partial charge in [-0.25, -0.2) is 0 Å². The SMILES string of the molecule is COc1ccc(/C(O)=C(\C#N)c2nnc3n2CCCCC3)cc1OC. The van der Waals surface area contributed by atoms with Crippen molar-refractivity contribution in [3.8, 4) is 17.6 Å². The van der Waals surface area contributed by atoms with Crippen LogP contribution in [0.4, 0.5) is 0 Å². The maximum atomic E-state index is 10.7. The van der Waals surface area contributed by atoms with Gasteiger partial charge in [0.25, 0.3) is 0 Å². The number of benzene rings is 1. The van der Waals surface area contributed by atoms with Crippen molar-refractivity contribution in [2.45, 2.75) is 32.2 Å². The lowest BCUT2D eigenvalue weighted by Crippen LogP contribution is -2.06. The van der Waals surface area contributed by atoms with Gasteiger partial charge < -0.3 is 19.1 Å². The second-order valence-electron chi connectivity index (χ2n) is 5.81. The minimum Gasteiger partial charge on any atom is -0.506 e. The van der Waals surface area contributed by atoms with Gasteiger partial charge in [-0.2, -0.15) is 5.26 Å². The molecule has 1 aliphatic heterocycles. The third kappa shape index (κ3) is 3.15. The zero-order valence-corrected chi connectivity index (χ0v) is 14.3. The third-order valence-electron chi connectivity index (χ3n) is 4.34. The highest BCUT2D eigenvalue weighted by atomic mass is 16.5. The van der Waals surface area contributed by atoms with Crippen molar-refractivity contribution in [3.63, 3.8) is 0 Å².